The molecule has 0 bridgehead atoms. The Morgan fingerprint density at radius 2 is 2.54 bits per heavy atom. The van der Waals surface area contributed by atoms with Crippen LogP contribution in [0.25, 0.3) is 0 Å². The summed E-state index contributed by atoms with van der Waals surface area (Å²) in [5, 5.41) is 10.7. The standard InChI is InChI=1S/C8H10BrNOS2/c1-5-8(11,2-3-12-5)6-7(9)10-4-13-6/h4-5,11H,2-3H2,1H3. The van der Waals surface area contributed by atoms with Gasteiger partial charge in [-0.1, -0.05) is 6.92 Å². The van der Waals surface area contributed by atoms with Gasteiger partial charge in [-0.15, -0.1) is 11.3 Å². The molecule has 2 atom stereocenters. The van der Waals surface area contributed by atoms with Crippen LogP contribution >= 0.6 is 39.0 Å². The molecule has 1 aliphatic rings. The van der Waals surface area contributed by atoms with Crippen LogP contribution in [0.5, 0.6) is 0 Å². The number of hydrogen-bond acceptors (Lipinski definition) is 4. The highest BCUT2D eigenvalue weighted by molar-refractivity contribution is 9.10. The third-order valence-corrected chi connectivity index (χ3v) is 5.63. The summed E-state index contributed by atoms with van der Waals surface area (Å²) in [5.41, 5.74) is 1.11. The molecule has 0 aliphatic carbocycles. The van der Waals surface area contributed by atoms with E-state index < -0.39 is 5.60 Å². The molecular weight excluding hydrogens is 270 g/mol. The van der Waals surface area contributed by atoms with Crippen LogP contribution < -0.4 is 0 Å². The summed E-state index contributed by atoms with van der Waals surface area (Å²) in [4.78, 5) is 5.08. The Hall–Kier alpha value is 0.420. The second-order valence-electron chi connectivity index (χ2n) is 3.16. The average Bonchev–Trinajstić information content (AvgIpc) is 2.62. The summed E-state index contributed by atoms with van der Waals surface area (Å²) in [5.74, 6) is 1.03. The number of hydrogen-bond donors (Lipinski definition) is 1. The van der Waals surface area contributed by atoms with Crippen molar-refractivity contribution in [2.45, 2.75) is 24.2 Å². The molecule has 2 unspecified atom stereocenters. The van der Waals surface area contributed by atoms with Gasteiger partial charge in [0.1, 0.15) is 10.2 Å². The van der Waals surface area contributed by atoms with Crippen molar-refractivity contribution in [2.75, 3.05) is 5.75 Å². The Morgan fingerprint density at radius 1 is 1.77 bits per heavy atom. The number of nitrogens with zero attached hydrogens (tertiary/aromatic N) is 1. The van der Waals surface area contributed by atoms with Gasteiger partial charge in [0.05, 0.1) is 10.4 Å². The van der Waals surface area contributed by atoms with E-state index in [0.29, 0.717) is 0 Å². The number of aromatic nitrogens is 1. The van der Waals surface area contributed by atoms with Crippen LogP contribution in [0.2, 0.25) is 0 Å². The molecule has 0 spiro atoms. The Morgan fingerprint density at radius 3 is 3.00 bits per heavy atom. The van der Waals surface area contributed by atoms with Crippen molar-refractivity contribution < 1.29 is 5.11 Å². The topological polar surface area (TPSA) is 33.1 Å². The van der Waals surface area contributed by atoms with Gasteiger partial charge in [-0.05, 0) is 28.1 Å². The fraction of sp³-hybridized carbons (Fsp3) is 0.625. The predicted molar refractivity (Wildman–Crippen MR) is 60.2 cm³/mol. The van der Waals surface area contributed by atoms with E-state index in [1.54, 1.807) is 5.51 Å². The average molecular weight is 280 g/mol. The predicted octanol–water partition coefficient (Wildman–Crippen LogP) is 2.62. The van der Waals surface area contributed by atoms with Crippen LogP contribution in [0.4, 0.5) is 0 Å². The highest BCUT2D eigenvalue weighted by Crippen LogP contribution is 2.46. The second kappa shape index (κ2) is 3.53. The summed E-state index contributed by atoms with van der Waals surface area (Å²) >= 11 is 6.72. The number of halogens is 1. The quantitative estimate of drug-likeness (QED) is 0.858. The van der Waals surface area contributed by atoms with Crippen LogP contribution in [-0.2, 0) is 5.60 Å². The molecular formula is C8H10BrNOS2. The van der Waals surface area contributed by atoms with E-state index >= 15 is 0 Å². The molecule has 0 amide bonds. The van der Waals surface area contributed by atoms with Crippen LogP contribution in [0.1, 0.15) is 18.2 Å². The minimum Gasteiger partial charge on any atom is -0.383 e. The van der Waals surface area contributed by atoms with Crippen LogP contribution in [0.15, 0.2) is 10.1 Å². The van der Waals surface area contributed by atoms with Crippen molar-refractivity contribution in [1.29, 1.82) is 0 Å². The number of thiazole rings is 1. The van der Waals surface area contributed by atoms with Gasteiger partial charge in [-0.25, -0.2) is 4.98 Å². The minimum atomic E-state index is -0.662. The smallest absolute Gasteiger partial charge is 0.123 e. The molecule has 1 N–H and O–H groups in total. The minimum absolute atomic E-state index is 0.268. The first-order chi connectivity index (χ1) is 6.14. The molecule has 1 saturated heterocycles. The SMILES string of the molecule is CC1SCCC1(O)c1scnc1Br. The van der Waals surface area contributed by atoms with Gasteiger partial charge < -0.3 is 5.11 Å². The van der Waals surface area contributed by atoms with Crippen molar-refractivity contribution in [3.05, 3.63) is 15.0 Å². The third-order valence-electron chi connectivity index (χ3n) is 2.44. The molecule has 72 valence electrons. The Labute approximate surface area is 93.9 Å². The van der Waals surface area contributed by atoms with E-state index in [9.17, 15) is 5.11 Å². The van der Waals surface area contributed by atoms with E-state index in [1.807, 2.05) is 11.8 Å². The second-order valence-corrected chi connectivity index (χ2v) is 6.21. The van der Waals surface area contributed by atoms with Gasteiger partial charge >= 0.3 is 0 Å². The van der Waals surface area contributed by atoms with Gasteiger partial charge in [-0.2, -0.15) is 11.8 Å². The van der Waals surface area contributed by atoms with Crippen molar-refractivity contribution in [2.24, 2.45) is 0 Å². The number of thioether (sulfide) groups is 1. The van der Waals surface area contributed by atoms with Gasteiger partial charge in [0.2, 0.25) is 0 Å². The maximum absolute atomic E-state index is 10.4. The third kappa shape index (κ3) is 1.56. The lowest BCUT2D eigenvalue weighted by Gasteiger charge is -2.25. The Balaban J connectivity index is 2.39. The van der Waals surface area contributed by atoms with Crippen LogP contribution in [0, 0.1) is 0 Å². The molecule has 1 fully saturated rings. The highest BCUT2D eigenvalue weighted by Gasteiger charge is 2.43. The van der Waals surface area contributed by atoms with E-state index in [1.165, 1.54) is 11.3 Å². The molecule has 0 saturated carbocycles. The van der Waals surface area contributed by atoms with Gasteiger partial charge in [0.25, 0.3) is 0 Å². The van der Waals surface area contributed by atoms with E-state index in [4.69, 9.17) is 0 Å². The van der Waals surface area contributed by atoms with Crippen LogP contribution in [-0.4, -0.2) is 21.1 Å². The molecule has 0 aromatic carbocycles. The van der Waals surface area contributed by atoms with Gasteiger partial charge in [0.15, 0.2) is 0 Å². The molecule has 1 aromatic rings. The zero-order valence-corrected chi connectivity index (χ0v) is 10.4. The van der Waals surface area contributed by atoms with Crippen molar-refractivity contribution in [1.82, 2.24) is 4.98 Å². The van der Waals surface area contributed by atoms with E-state index in [2.05, 4.69) is 27.8 Å². The Kier molecular flexibility index (Phi) is 2.70. The zero-order chi connectivity index (χ0) is 9.47. The summed E-state index contributed by atoms with van der Waals surface area (Å²) in [6, 6.07) is 0. The molecule has 5 heteroatoms. The van der Waals surface area contributed by atoms with E-state index in [-0.39, 0.29) is 5.25 Å². The first-order valence-electron chi connectivity index (χ1n) is 4.08. The largest absolute Gasteiger partial charge is 0.383 e. The number of rotatable bonds is 1. The maximum Gasteiger partial charge on any atom is 0.123 e. The molecule has 2 nitrogen and oxygen atoms in total. The van der Waals surface area contributed by atoms with Crippen molar-refractivity contribution >= 4 is 39.0 Å². The normalized spacial score (nSPS) is 33.9. The molecule has 2 rings (SSSR count). The van der Waals surface area contributed by atoms with Gasteiger partial charge in [-0.3, -0.25) is 0 Å². The monoisotopic (exact) mass is 279 g/mol. The zero-order valence-electron chi connectivity index (χ0n) is 7.16. The first-order valence-corrected chi connectivity index (χ1v) is 6.80. The summed E-state index contributed by atoms with van der Waals surface area (Å²) < 4.78 is 0.800. The fourth-order valence-electron chi connectivity index (χ4n) is 1.54. The lowest BCUT2D eigenvalue weighted by Crippen LogP contribution is -2.30. The van der Waals surface area contributed by atoms with Gasteiger partial charge in [0, 0.05) is 5.25 Å². The summed E-state index contributed by atoms with van der Waals surface area (Å²) in [6.45, 7) is 2.07. The summed E-state index contributed by atoms with van der Waals surface area (Å²) in [7, 11) is 0. The fourth-order valence-corrected chi connectivity index (χ4v) is 4.67. The van der Waals surface area contributed by atoms with Crippen LogP contribution in [0.3, 0.4) is 0 Å². The molecule has 2 heterocycles. The highest BCUT2D eigenvalue weighted by atomic mass is 79.9. The van der Waals surface area contributed by atoms with E-state index in [0.717, 1.165) is 21.7 Å². The molecule has 13 heavy (non-hydrogen) atoms. The Bertz CT molecular complexity index is 317. The van der Waals surface area contributed by atoms with Crippen molar-refractivity contribution in [3.63, 3.8) is 0 Å². The molecule has 0 radical (unpaired) electrons. The molecule has 1 aromatic heterocycles. The first kappa shape index (κ1) is 9.96. The van der Waals surface area contributed by atoms with Crippen molar-refractivity contribution in [3.8, 4) is 0 Å². The molecule has 1 aliphatic heterocycles. The maximum atomic E-state index is 10.4. The lowest BCUT2D eigenvalue weighted by molar-refractivity contribution is 0.0456. The lowest BCUT2D eigenvalue weighted by atomic mass is 9.96. The summed E-state index contributed by atoms with van der Waals surface area (Å²) in [6.07, 6.45) is 0.833. The number of aliphatic hydroxyl groups is 1.